The average molecular weight is 899 g/mol. The van der Waals surface area contributed by atoms with E-state index in [2.05, 4.69) is 5.32 Å². The van der Waals surface area contributed by atoms with E-state index in [0.29, 0.717) is 0 Å². The van der Waals surface area contributed by atoms with Crippen molar-refractivity contribution in [3.8, 4) is 0 Å². The lowest BCUT2D eigenvalue weighted by Gasteiger charge is -2.67. The van der Waals surface area contributed by atoms with Gasteiger partial charge in [0.05, 0.1) is 40.6 Å². The third-order valence-corrected chi connectivity index (χ3v) is 13.8. The SMILES string of the molecule is CC(=O)O[C@H]1C(=O)[C@@]2(C)[C@H]([C@H](OC(=O)c3ccccc3)[C@]3(O)C[C@H](OC(=O)[C@H](O)[C@@H](NC(=O)c4ccccc4[N+](=O)[O-])c4ccccc4)C(C)=C1C3(C)C)[C@]1(OC(C)=O)CO[C@@H]1C[C@@H]2O. The molecule has 1 aliphatic heterocycles. The van der Waals surface area contributed by atoms with Crippen molar-refractivity contribution in [2.45, 2.75) is 108 Å². The van der Waals surface area contributed by atoms with Crippen LogP contribution in [0.2, 0.25) is 0 Å². The summed E-state index contributed by atoms with van der Waals surface area (Å²) in [5.41, 5.74) is -8.74. The second-order valence-corrected chi connectivity index (χ2v) is 17.8. The maximum atomic E-state index is 15.5. The first-order chi connectivity index (χ1) is 30.6. The minimum absolute atomic E-state index is 0.0322. The summed E-state index contributed by atoms with van der Waals surface area (Å²) in [5, 5.41) is 51.9. The number of carbonyl (C=O) groups is 6. The van der Waals surface area contributed by atoms with Crippen molar-refractivity contribution in [1.82, 2.24) is 5.32 Å². The molecule has 3 aliphatic carbocycles. The van der Waals surface area contributed by atoms with Crippen LogP contribution in [0.15, 0.2) is 96.1 Å². The molecular weight excluding hydrogens is 849 g/mol. The quantitative estimate of drug-likeness (QED) is 0.0704. The maximum absolute atomic E-state index is 15.5. The Morgan fingerprint density at radius 1 is 0.892 bits per heavy atom. The van der Waals surface area contributed by atoms with Gasteiger partial charge in [0.15, 0.2) is 23.6 Å². The Bertz CT molecular complexity index is 2460. The first-order valence-electron chi connectivity index (χ1n) is 21.0. The van der Waals surface area contributed by atoms with Gasteiger partial charge in [-0.1, -0.05) is 74.5 Å². The van der Waals surface area contributed by atoms with E-state index >= 15 is 4.79 Å². The van der Waals surface area contributed by atoms with Crippen LogP contribution in [0.1, 0.15) is 86.7 Å². The Kier molecular flexibility index (Phi) is 12.4. The molecule has 0 unspecified atom stereocenters. The molecule has 0 aromatic heterocycles. The molecule has 7 rings (SSSR count). The van der Waals surface area contributed by atoms with Gasteiger partial charge >= 0.3 is 23.9 Å². The van der Waals surface area contributed by atoms with Crippen LogP contribution in [0.3, 0.4) is 0 Å². The molecule has 3 aromatic carbocycles. The third-order valence-electron chi connectivity index (χ3n) is 13.8. The minimum Gasteiger partial charge on any atom is -0.456 e. The van der Waals surface area contributed by atoms with Gasteiger partial charge in [0.1, 0.15) is 29.5 Å². The van der Waals surface area contributed by atoms with E-state index in [4.69, 9.17) is 23.7 Å². The molecule has 344 valence electrons. The Morgan fingerprint density at radius 3 is 2.09 bits per heavy atom. The zero-order chi connectivity index (χ0) is 47.4. The van der Waals surface area contributed by atoms with Crippen LogP contribution >= 0.6 is 0 Å². The number of hydrogen-bond acceptors (Lipinski definition) is 16. The van der Waals surface area contributed by atoms with Crippen LogP contribution < -0.4 is 5.32 Å². The molecule has 65 heavy (non-hydrogen) atoms. The molecule has 1 saturated heterocycles. The van der Waals surface area contributed by atoms with Crippen LogP contribution in [0.5, 0.6) is 0 Å². The number of nitrogens with zero attached hydrogens (tertiary/aromatic N) is 1. The van der Waals surface area contributed by atoms with Crippen molar-refractivity contribution < 1.29 is 72.7 Å². The summed E-state index contributed by atoms with van der Waals surface area (Å²) in [7, 11) is 0. The van der Waals surface area contributed by atoms with E-state index in [1.165, 1.54) is 70.2 Å². The summed E-state index contributed by atoms with van der Waals surface area (Å²) in [6.07, 6.45) is -11.1. The molecule has 3 fully saturated rings. The van der Waals surface area contributed by atoms with E-state index < -0.39 is 123 Å². The molecule has 11 atom stereocenters. The number of benzene rings is 3. The minimum atomic E-state index is -2.46. The number of fused-ring (bicyclic) bond motifs is 5. The van der Waals surface area contributed by atoms with Crippen molar-refractivity contribution in [3.63, 3.8) is 0 Å². The fourth-order valence-corrected chi connectivity index (χ4v) is 10.4. The number of para-hydroxylation sites is 1. The Morgan fingerprint density at radius 2 is 1.51 bits per heavy atom. The summed E-state index contributed by atoms with van der Waals surface area (Å²) in [6, 6.07) is 19.0. The molecule has 4 N–H and O–H groups in total. The topological polar surface area (TPSA) is 264 Å². The highest BCUT2D eigenvalue weighted by atomic mass is 16.6. The van der Waals surface area contributed by atoms with Crippen molar-refractivity contribution >= 4 is 41.3 Å². The van der Waals surface area contributed by atoms with Gasteiger partial charge in [-0.2, -0.15) is 0 Å². The Labute approximate surface area is 373 Å². The Balaban J connectivity index is 1.38. The predicted molar refractivity (Wildman–Crippen MR) is 224 cm³/mol. The monoisotopic (exact) mass is 898 g/mol. The lowest BCUT2D eigenvalue weighted by atomic mass is 9.44. The van der Waals surface area contributed by atoms with E-state index in [1.54, 1.807) is 36.4 Å². The number of hydrogen-bond donors (Lipinski definition) is 4. The molecule has 0 radical (unpaired) electrons. The van der Waals surface area contributed by atoms with E-state index in [-0.39, 0.29) is 40.9 Å². The number of Topliss-reactive ketones (excluding diaryl/α,β-unsaturated/α-hetero) is 1. The Hall–Kier alpha value is -6.34. The fourth-order valence-electron chi connectivity index (χ4n) is 10.4. The van der Waals surface area contributed by atoms with Gasteiger partial charge < -0.3 is 44.3 Å². The van der Waals surface area contributed by atoms with Crippen LogP contribution in [0.4, 0.5) is 5.69 Å². The zero-order valence-corrected chi connectivity index (χ0v) is 36.4. The molecule has 2 saturated carbocycles. The highest BCUT2D eigenvalue weighted by molar-refractivity contribution is 5.99. The van der Waals surface area contributed by atoms with Crippen molar-refractivity contribution in [2.75, 3.05) is 6.61 Å². The van der Waals surface area contributed by atoms with Crippen molar-refractivity contribution in [1.29, 1.82) is 0 Å². The summed E-state index contributed by atoms with van der Waals surface area (Å²) in [5.74, 6) is -7.60. The number of carbonyl (C=O) groups excluding carboxylic acids is 6. The molecule has 0 spiro atoms. The van der Waals surface area contributed by atoms with Crippen molar-refractivity contribution in [2.24, 2.45) is 16.7 Å². The van der Waals surface area contributed by atoms with Gasteiger partial charge in [-0.3, -0.25) is 29.3 Å². The molecule has 1 heterocycles. The molecule has 1 amide bonds. The highest BCUT2D eigenvalue weighted by Gasteiger charge is 2.78. The molecule has 4 aliphatic rings. The van der Waals surface area contributed by atoms with Gasteiger partial charge in [0, 0.05) is 38.2 Å². The van der Waals surface area contributed by atoms with Gasteiger partial charge in [-0.25, -0.2) is 9.59 Å². The largest absolute Gasteiger partial charge is 0.456 e. The second kappa shape index (κ2) is 17.2. The summed E-state index contributed by atoms with van der Waals surface area (Å²) in [6.45, 7) is 7.70. The van der Waals surface area contributed by atoms with E-state index in [9.17, 15) is 49.4 Å². The number of aliphatic hydroxyl groups excluding tert-OH is 2. The number of nitro groups is 1. The molecule has 2 bridgehead atoms. The lowest BCUT2D eigenvalue weighted by molar-refractivity contribution is -0.385. The molecule has 3 aromatic rings. The number of nitro benzene ring substituents is 1. The summed E-state index contributed by atoms with van der Waals surface area (Å²) >= 11 is 0. The normalized spacial score (nSPS) is 30.9. The van der Waals surface area contributed by atoms with Crippen LogP contribution in [-0.2, 0) is 42.9 Å². The maximum Gasteiger partial charge on any atom is 0.338 e. The second-order valence-electron chi connectivity index (χ2n) is 17.8. The number of aliphatic hydroxyl groups is 3. The number of ketones is 1. The number of nitrogens with one attached hydrogen (secondary N) is 1. The molecule has 18 heteroatoms. The van der Waals surface area contributed by atoms with Crippen LogP contribution in [0.25, 0.3) is 0 Å². The predicted octanol–water partition coefficient (Wildman–Crippen LogP) is 3.64. The fraction of sp³-hybridized carbons (Fsp3) is 0.447. The van der Waals surface area contributed by atoms with Gasteiger partial charge in [-0.05, 0) is 48.8 Å². The van der Waals surface area contributed by atoms with Gasteiger partial charge in [-0.15, -0.1) is 0 Å². The zero-order valence-electron chi connectivity index (χ0n) is 36.4. The molecule has 18 nitrogen and oxygen atoms in total. The number of esters is 4. The number of ether oxygens (including phenoxy) is 5. The smallest absolute Gasteiger partial charge is 0.338 e. The number of rotatable bonds is 11. The molecular formula is C47H50N2O16. The van der Waals surface area contributed by atoms with E-state index in [0.717, 1.165) is 19.9 Å². The van der Waals surface area contributed by atoms with Crippen LogP contribution in [-0.4, -0.2) is 110 Å². The summed E-state index contributed by atoms with van der Waals surface area (Å²) in [4.78, 5) is 94.9. The van der Waals surface area contributed by atoms with Crippen LogP contribution in [0, 0.1) is 26.9 Å². The van der Waals surface area contributed by atoms with Crippen molar-refractivity contribution in [3.05, 3.63) is 123 Å². The highest BCUT2D eigenvalue weighted by Crippen LogP contribution is 2.64. The van der Waals surface area contributed by atoms with Gasteiger partial charge in [0.25, 0.3) is 11.6 Å². The van der Waals surface area contributed by atoms with E-state index in [1.807, 2.05) is 0 Å². The van der Waals surface area contributed by atoms with Gasteiger partial charge in [0.2, 0.25) is 0 Å². The number of amides is 1. The standard InChI is InChI=1S/C47H50N2O16/c1-24-31(63-43(57)36(53)35(27-15-9-7-10-16-27)48-41(55)29-19-13-14-20-30(29)49(59)60)22-47(58)40(64-42(56)28-17-11-8-12-18-28)38-45(6,32(52)21-33-46(38,23-61-33)65-26(3)51)39(54)37(62-25(2)50)34(24)44(47,4)5/h7-20,31-33,35-38,40,52-53,58H,21-23H2,1-6H3,(H,48,55)/t31-,32-,33+,35-,36+,37+,38-,40-,45+,46-,47+/m0/s1. The lowest BCUT2D eigenvalue weighted by Crippen LogP contribution is -2.82. The first-order valence-corrected chi connectivity index (χ1v) is 21.0. The first kappa shape index (κ1) is 46.6. The summed E-state index contributed by atoms with van der Waals surface area (Å²) < 4.78 is 30.2. The average Bonchev–Trinajstić information content (AvgIpc) is 3.26. The third kappa shape index (κ3) is 7.77.